The number of hydrogen-bond acceptors (Lipinski definition) is 2. The molecule has 0 saturated carbocycles. The van der Waals surface area contributed by atoms with Crippen LogP contribution in [0.5, 0.6) is 0 Å². The number of anilines is 1. The van der Waals surface area contributed by atoms with Crippen LogP contribution in [-0.2, 0) is 0 Å². The van der Waals surface area contributed by atoms with Crippen LogP contribution in [0.3, 0.4) is 0 Å². The molecule has 0 atom stereocenters. The third kappa shape index (κ3) is 4.04. The summed E-state index contributed by atoms with van der Waals surface area (Å²) in [5.41, 5.74) is -5.64. The lowest BCUT2D eigenvalue weighted by Gasteiger charge is -2.39. The SMILES string of the molecule is O=C(NC(Nc1cccc(Cl)c1)(C(F)(F)F)C(F)(F)F)c1ccccc1. The molecule has 2 rings (SSSR count). The molecule has 0 unspecified atom stereocenters. The van der Waals surface area contributed by atoms with Gasteiger partial charge in [-0.25, -0.2) is 0 Å². The average Bonchev–Trinajstić information content (AvgIpc) is 2.53. The molecule has 0 radical (unpaired) electrons. The fraction of sp³-hybridized carbons (Fsp3) is 0.188. The molecule has 1 amide bonds. The summed E-state index contributed by atoms with van der Waals surface area (Å²) in [6.45, 7) is 0. The molecule has 2 aromatic rings. The van der Waals surface area contributed by atoms with Crippen LogP contribution < -0.4 is 10.6 Å². The van der Waals surface area contributed by atoms with E-state index in [1.807, 2.05) is 0 Å². The zero-order valence-electron chi connectivity index (χ0n) is 12.8. The Balaban J connectivity index is 2.51. The van der Waals surface area contributed by atoms with E-state index in [9.17, 15) is 31.1 Å². The highest BCUT2D eigenvalue weighted by atomic mass is 35.5. The normalized spacial score (nSPS) is 12.6. The molecular formula is C16H11ClF6N2O. The highest BCUT2D eigenvalue weighted by Gasteiger charge is 2.72. The first-order chi connectivity index (χ1) is 12.0. The van der Waals surface area contributed by atoms with Gasteiger partial charge in [-0.05, 0) is 30.3 Å². The van der Waals surface area contributed by atoms with Gasteiger partial charge in [0.05, 0.1) is 0 Å². The van der Waals surface area contributed by atoms with E-state index in [-0.39, 0.29) is 10.6 Å². The smallest absolute Gasteiger partial charge is 0.348 e. The van der Waals surface area contributed by atoms with E-state index in [0.29, 0.717) is 0 Å². The number of carbonyl (C=O) groups excluding carboxylic acids is 1. The molecule has 0 aliphatic rings. The number of rotatable bonds is 4. The second-order valence-corrected chi connectivity index (χ2v) is 5.64. The van der Waals surface area contributed by atoms with Crippen LogP contribution in [0.15, 0.2) is 54.6 Å². The summed E-state index contributed by atoms with van der Waals surface area (Å²) in [6.07, 6.45) is -11.8. The van der Waals surface area contributed by atoms with Crippen molar-refractivity contribution in [2.24, 2.45) is 0 Å². The maximum atomic E-state index is 13.5. The van der Waals surface area contributed by atoms with Crippen LogP contribution in [-0.4, -0.2) is 23.9 Å². The monoisotopic (exact) mass is 396 g/mol. The molecule has 3 nitrogen and oxygen atoms in total. The first kappa shape index (κ1) is 19.9. The Morgan fingerprint density at radius 2 is 1.42 bits per heavy atom. The van der Waals surface area contributed by atoms with Crippen LogP contribution >= 0.6 is 11.6 Å². The Kier molecular flexibility index (Phi) is 5.41. The van der Waals surface area contributed by atoms with Gasteiger partial charge in [-0.1, -0.05) is 35.9 Å². The molecule has 10 heteroatoms. The molecule has 0 aromatic heterocycles. The summed E-state index contributed by atoms with van der Waals surface area (Å²) >= 11 is 5.61. The number of halogens is 7. The minimum atomic E-state index is -5.90. The number of carbonyl (C=O) groups is 1. The van der Waals surface area contributed by atoms with E-state index < -0.39 is 29.6 Å². The second kappa shape index (κ2) is 7.06. The molecule has 0 aliphatic heterocycles. The fourth-order valence-corrected chi connectivity index (χ4v) is 2.28. The maximum Gasteiger partial charge on any atom is 0.439 e. The first-order valence-electron chi connectivity index (χ1n) is 7.01. The van der Waals surface area contributed by atoms with Gasteiger partial charge in [0.25, 0.3) is 5.91 Å². The summed E-state index contributed by atoms with van der Waals surface area (Å²) in [6, 6.07) is 10.5. The molecule has 2 aromatic carbocycles. The van der Waals surface area contributed by atoms with Gasteiger partial charge in [0.2, 0.25) is 0 Å². The summed E-state index contributed by atoms with van der Waals surface area (Å²) in [5, 5.41) is 2.32. The van der Waals surface area contributed by atoms with Crippen molar-refractivity contribution in [3.05, 3.63) is 65.2 Å². The number of benzene rings is 2. The van der Waals surface area contributed by atoms with Crippen molar-refractivity contribution < 1.29 is 31.1 Å². The molecule has 0 saturated heterocycles. The van der Waals surface area contributed by atoms with Crippen molar-refractivity contribution in [3.8, 4) is 0 Å². The van der Waals surface area contributed by atoms with E-state index in [0.717, 1.165) is 29.6 Å². The van der Waals surface area contributed by atoms with Gasteiger partial charge in [-0.15, -0.1) is 0 Å². The Morgan fingerprint density at radius 1 is 0.846 bits per heavy atom. The molecular weight excluding hydrogens is 386 g/mol. The van der Waals surface area contributed by atoms with Gasteiger partial charge in [0.15, 0.2) is 0 Å². The minimum absolute atomic E-state index is 0.0809. The van der Waals surface area contributed by atoms with Crippen molar-refractivity contribution in [3.63, 3.8) is 0 Å². The highest BCUT2D eigenvalue weighted by Crippen LogP contribution is 2.43. The first-order valence-corrected chi connectivity index (χ1v) is 7.39. The van der Waals surface area contributed by atoms with Crippen LogP contribution in [0, 0.1) is 0 Å². The van der Waals surface area contributed by atoms with Gasteiger partial charge in [0, 0.05) is 16.3 Å². The standard InChI is InChI=1S/C16H11ClF6N2O/c17-11-7-4-8-12(9-11)24-14(15(18,19)20,16(21,22)23)25-13(26)10-5-2-1-3-6-10/h1-9,24H,(H,25,26). The van der Waals surface area contributed by atoms with Gasteiger partial charge in [-0.2, -0.15) is 26.3 Å². The Morgan fingerprint density at radius 3 is 1.92 bits per heavy atom. The quantitative estimate of drug-likeness (QED) is 0.564. The lowest BCUT2D eigenvalue weighted by molar-refractivity contribution is -0.294. The Hall–Kier alpha value is -2.42. The molecule has 0 heterocycles. The van der Waals surface area contributed by atoms with Crippen molar-refractivity contribution in [1.82, 2.24) is 5.32 Å². The minimum Gasteiger partial charge on any atom is -0.348 e. The molecule has 140 valence electrons. The van der Waals surface area contributed by atoms with E-state index >= 15 is 0 Å². The molecule has 2 N–H and O–H groups in total. The molecule has 0 bridgehead atoms. The van der Waals surface area contributed by atoms with Crippen molar-refractivity contribution in [2.45, 2.75) is 18.0 Å². The Labute approximate surface area is 149 Å². The van der Waals surface area contributed by atoms with Crippen LogP contribution in [0.1, 0.15) is 10.4 Å². The van der Waals surface area contributed by atoms with Gasteiger partial charge in [0.1, 0.15) is 0 Å². The largest absolute Gasteiger partial charge is 0.439 e. The highest BCUT2D eigenvalue weighted by molar-refractivity contribution is 6.30. The molecule has 26 heavy (non-hydrogen) atoms. The van der Waals surface area contributed by atoms with Gasteiger partial charge < -0.3 is 10.6 Å². The third-order valence-corrected chi connectivity index (χ3v) is 3.58. The zero-order valence-corrected chi connectivity index (χ0v) is 13.5. The van der Waals surface area contributed by atoms with Gasteiger partial charge in [-0.3, -0.25) is 4.79 Å². The van der Waals surface area contributed by atoms with Crippen LogP contribution in [0.2, 0.25) is 5.02 Å². The summed E-state index contributed by atoms with van der Waals surface area (Å²) < 4.78 is 81.0. The zero-order chi connectivity index (χ0) is 19.6. The topological polar surface area (TPSA) is 41.1 Å². The van der Waals surface area contributed by atoms with Gasteiger partial charge >= 0.3 is 18.0 Å². The van der Waals surface area contributed by atoms with E-state index in [1.54, 1.807) is 0 Å². The third-order valence-electron chi connectivity index (χ3n) is 3.34. The van der Waals surface area contributed by atoms with E-state index in [4.69, 9.17) is 11.6 Å². The number of hydrogen-bond donors (Lipinski definition) is 2. The fourth-order valence-electron chi connectivity index (χ4n) is 2.09. The van der Waals surface area contributed by atoms with Crippen molar-refractivity contribution in [1.29, 1.82) is 0 Å². The molecule has 0 fully saturated rings. The summed E-state index contributed by atoms with van der Waals surface area (Å²) in [7, 11) is 0. The summed E-state index contributed by atoms with van der Waals surface area (Å²) in [5.74, 6) is -1.55. The van der Waals surface area contributed by atoms with Crippen LogP contribution in [0.4, 0.5) is 32.0 Å². The van der Waals surface area contributed by atoms with E-state index in [2.05, 4.69) is 0 Å². The lowest BCUT2D eigenvalue weighted by atomic mass is 10.1. The average molecular weight is 397 g/mol. The number of amides is 1. The predicted octanol–water partition coefficient (Wildman–Crippen LogP) is 5.00. The lowest BCUT2D eigenvalue weighted by Crippen LogP contribution is -2.72. The predicted molar refractivity (Wildman–Crippen MR) is 83.8 cm³/mol. The summed E-state index contributed by atoms with van der Waals surface area (Å²) in [4.78, 5) is 12.0. The Bertz CT molecular complexity index is 762. The number of nitrogens with one attached hydrogen (secondary N) is 2. The number of alkyl halides is 6. The maximum absolute atomic E-state index is 13.5. The second-order valence-electron chi connectivity index (χ2n) is 5.20. The van der Waals surface area contributed by atoms with Crippen LogP contribution in [0.25, 0.3) is 0 Å². The van der Waals surface area contributed by atoms with Crippen molar-refractivity contribution in [2.75, 3.05) is 5.32 Å². The van der Waals surface area contributed by atoms with Crippen molar-refractivity contribution >= 4 is 23.2 Å². The van der Waals surface area contributed by atoms with E-state index in [1.165, 1.54) is 35.6 Å². The molecule has 0 spiro atoms. The molecule has 0 aliphatic carbocycles.